The van der Waals surface area contributed by atoms with E-state index in [1.54, 1.807) is 31.6 Å². The number of fused-ring (bicyclic) bond motifs is 2. The van der Waals surface area contributed by atoms with Gasteiger partial charge in [0.25, 0.3) is 5.91 Å². The molecule has 2 aliphatic rings. The largest absolute Gasteiger partial charge is 0.497 e. The summed E-state index contributed by atoms with van der Waals surface area (Å²) in [4.78, 5) is 19.0. The lowest BCUT2D eigenvalue weighted by Crippen LogP contribution is -2.53. The van der Waals surface area contributed by atoms with Crippen molar-refractivity contribution in [3.63, 3.8) is 0 Å². The molecule has 3 aromatic rings. The van der Waals surface area contributed by atoms with E-state index >= 15 is 0 Å². The maximum atomic E-state index is 12.9. The topological polar surface area (TPSA) is 109 Å². The first-order chi connectivity index (χ1) is 14.1. The number of aliphatic hydroxyl groups is 1. The summed E-state index contributed by atoms with van der Waals surface area (Å²) in [5.41, 5.74) is 0.351. The van der Waals surface area contributed by atoms with Gasteiger partial charge in [-0.1, -0.05) is 6.07 Å². The lowest BCUT2D eigenvalue weighted by atomic mass is 9.95. The summed E-state index contributed by atoms with van der Waals surface area (Å²) in [6.07, 6.45) is 2.13. The van der Waals surface area contributed by atoms with Gasteiger partial charge in [0.15, 0.2) is 11.9 Å². The second kappa shape index (κ2) is 6.73. The zero-order chi connectivity index (χ0) is 20.0. The molecule has 0 spiro atoms. The van der Waals surface area contributed by atoms with E-state index in [0.717, 1.165) is 22.4 Å². The Morgan fingerprint density at radius 3 is 3.03 bits per heavy atom. The van der Waals surface area contributed by atoms with Crippen LogP contribution in [0.3, 0.4) is 0 Å². The summed E-state index contributed by atoms with van der Waals surface area (Å²) in [6.45, 7) is 1.11. The number of benzene rings is 1. The molecule has 1 unspecified atom stereocenters. The fourth-order valence-electron chi connectivity index (χ4n) is 3.87. The van der Waals surface area contributed by atoms with Crippen molar-refractivity contribution in [3.8, 4) is 11.5 Å². The van der Waals surface area contributed by atoms with E-state index in [1.165, 1.54) is 0 Å². The Morgan fingerprint density at radius 2 is 2.28 bits per heavy atom. The van der Waals surface area contributed by atoms with Crippen LogP contribution < -0.4 is 20.1 Å². The van der Waals surface area contributed by atoms with Crippen LogP contribution >= 0.6 is 0 Å². The van der Waals surface area contributed by atoms with Crippen molar-refractivity contribution in [1.82, 2.24) is 20.5 Å². The zero-order valence-electron chi connectivity index (χ0n) is 15.7. The molecule has 3 N–H and O–H groups in total. The third-order valence-electron chi connectivity index (χ3n) is 5.31. The first-order valence-corrected chi connectivity index (χ1v) is 9.20. The fraction of sp³-hybridized carbons (Fsp3) is 0.300. The van der Waals surface area contributed by atoms with Gasteiger partial charge in [-0.05, 0) is 18.2 Å². The Kier molecular flexibility index (Phi) is 4.16. The van der Waals surface area contributed by atoms with Crippen molar-refractivity contribution in [1.29, 1.82) is 0 Å². The average Bonchev–Trinajstić information content (AvgIpc) is 3.28. The minimum atomic E-state index is -1.26. The Labute approximate surface area is 166 Å². The van der Waals surface area contributed by atoms with Crippen LogP contribution in [0.25, 0.3) is 11.0 Å². The average molecular weight is 396 g/mol. The summed E-state index contributed by atoms with van der Waals surface area (Å²) >= 11 is 0. The number of amides is 1. The van der Waals surface area contributed by atoms with E-state index in [1.807, 2.05) is 23.1 Å². The number of aromatic nitrogens is 1. The third-order valence-corrected chi connectivity index (χ3v) is 5.31. The molecule has 1 amide bonds. The molecule has 2 aliphatic heterocycles. The first-order valence-electron chi connectivity index (χ1n) is 9.20. The number of carbonyl (C=O) groups excluding carboxylic acids is 1. The van der Waals surface area contributed by atoms with Crippen molar-refractivity contribution in [2.24, 2.45) is 0 Å². The number of carbonyl (C=O) groups is 1. The van der Waals surface area contributed by atoms with E-state index in [0.29, 0.717) is 17.9 Å². The number of nitrogens with one attached hydrogen (secondary N) is 2. The Balaban J connectivity index is 1.47. The highest BCUT2D eigenvalue weighted by molar-refractivity contribution is 5.91. The lowest BCUT2D eigenvalue weighted by molar-refractivity contribution is -0.126. The second-order valence-corrected chi connectivity index (χ2v) is 7.18. The number of methoxy groups -OCH3 is 1. The van der Waals surface area contributed by atoms with Crippen LogP contribution in [0.15, 0.2) is 47.1 Å². The van der Waals surface area contributed by atoms with Crippen molar-refractivity contribution in [2.75, 3.05) is 20.4 Å². The molecule has 29 heavy (non-hydrogen) atoms. The van der Waals surface area contributed by atoms with Crippen LogP contribution in [0, 0.1) is 0 Å². The van der Waals surface area contributed by atoms with Gasteiger partial charge < -0.3 is 24.3 Å². The van der Waals surface area contributed by atoms with Crippen molar-refractivity contribution >= 4 is 16.9 Å². The molecule has 2 atom stereocenters. The van der Waals surface area contributed by atoms with Crippen LogP contribution in [0.1, 0.15) is 11.3 Å². The molecule has 9 nitrogen and oxygen atoms in total. The molecular weight excluding hydrogens is 376 g/mol. The maximum Gasteiger partial charge on any atom is 0.252 e. The lowest BCUT2D eigenvalue weighted by Gasteiger charge is -2.35. The SMILES string of the molecule is COc1ccc2c(c1)OCN(C[C@@]1(c3cc4cnccc4o3)NC(O)NC1=O)C2. The number of aliphatic hydroxyl groups excluding tert-OH is 1. The van der Waals surface area contributed by atoms with E-state index in [9.17, 15) is 9.90 Å². The molecule has 1 saturated heterocycles. The van der Waals surface area contributed by atoms with Crippen LogP contribution in [0.2, 0.25) is 0 Å². The first kappa shape index (κ1) is 17.9. The van der Waals surface area contributed by atoms with Gasteiger partial charge in [0.2, 0.25) is 0 Å². The second-order valence-electron chi connectivity index (χ2n) is 7.18. The number of hydrogen-bond acceptors (Lipinski definition) is 8. The van der Waals surface area contributed by atoms with Crippen LogP contribution in [-0.4, -0.2) is 47.6 Å². The number of ether oxygens (including phenoxy) is 2. The molecule has 5 rings (SSSR count). The van der Waals surface area contributed by atoms with Gasteiger partial charge in [0.1, 0.15) is 29.6 Å². The summed E-state index contributed by atoms with van der Waals surface area (Å²) < 4.78 is 17.1. The molecule has 0 bridgehead atoms. The predicted octanol–water partition coefficient (Wildman–Crippen LogP) is 0.879. The molecule has 0 saturated carbocycles. The van der Waals surface area contributed by atoms with Crippen LogP contribution in [0.5, 0.6) is 11.5 Å². The van der Waals surface area contributed by atoms with Crippen molar-refractivity contribution in [3.05, 3.63) is 54.0 Å². The normalized spacial score (nSPS) is 24.2. The van der Waals surface area contributed by atoms with Gasteiger partial charge in [0.05, 0.1) is 7.11 Å². The van der Waals surface area contributed by atoms with Gasteiger partial charge in [-0.25, -0.2) is 0 Å². The summed E-state index contributed by atoms with van der Waals surface area (Å²) in [5.74, 6) is 1.53. The summed E-state index contributed by atoms with van der Waals surface area (Å²) in [6, 6.07) is 9.17. The summed E-state index contributed by atoms with van der Waals surface area (Å²) in [7, 11) is 1.61. The molecule has 1 aromatic carbocycles. The zero-order valence-corrected chi connectivity index (χ0v) is 15.7. The molecule has 0 aliphatic carbocycles. The quantitative estimate of drug-likeness (QED) is 0.596. The number of nitrogens with zero attached hydrogens (tertiary/aromatic N) is 2. The van der Waals surface area contributed by atoms with E-state index in [4.69, 9.17) is 13.9 Å². The Morgan fingerprint density at radius 1 is 1.38 bits per heavy atom. The molecule has 2 aromatic heterocycles. The summed E-state index contributed by atoms with van der Waals surface area (Å²) in [5, 5.41) is 16.3. The van der Waals surface area contributed by atoms with Gasteiger partial charge in [-0.15, -0.1) is 0 Å². The molecule has 4 heterocycles. The number of hydrogen-bond donors (Lipinski definition) is 3. The van der Waals surface area contributed by atoms with E-state index in [2.05, 4.69) is 15.6 Å². The van der Waals surface area contributed by atoms with Gasteiger partial charge in [-0.3, -0.25) is 20.0 Å². The van der Waals surface area contributed by atoms with Gasteiger partial charge in [0, 0.05) is 42.5 Å². The monoisotopic (exact) mass is 396 g/mol. The maximum absolute atomic E-state index is 12.9. The molecule has 9 heteroatoms. The molecule has 1 fully saturated rings. The van der Waals surface area contributed by atoms with Crippen molar-refractivity contribution in [2.45, 2.75) is 18.4 Å². The van der Waals surface area contributed by atoms with Crippen molar-refractivity contribution < 1.29 is 23.8 Å². The standard InChI is InChI=1S/C20H20N4O5/c1-27-14-3-2-12-9-24(11-28-16(12)7-14)10-20(18(25)22-19(26)23-20)17-6-13-8-21-5-4-15(13)29-17/h2-8,19,23,26H,9-11H2,1H3,(H,22,25)/t19?,20-/m0/s1. The molecule has 0 radical (unpaired) electrons. The predicted molar refractivity (Wildman–Crippen MR) is 102 cm³/mol. The van der Waals surface area contributed by atoms with Crippen LogP contribution in [-0.2, 0) is 16.9 Å². The smallest absolute Gasteiger partial charge is 0.252 e. The van der Waals surface area contributed by atoms with Gasteiger partial charge in [-0.2, -0.15) is 0 Å². The molecular formula is C20H20N4O5. The highest BCUT2D eigenvalue weighted by Gasteiger charge is 2.51. The number of rotatable bonds is 4. The number of furan rings is 1. The number of pyridine rings is 1. The highest BCUT2D eigenvalue weighted by Crippen LogP contribution is 2.34. The van der Waals surface area contributed by atoms with E-state index in [-0.39, 0.29) is 19.2 Å². The Bertz CT molecular complexity index is 1050. The minimum Gasteiger partial charge on any atom is -0.497 e. The third kappa shape index (κ3) is 3.00. The van der Waals surface area contributed by atoms with E-state index < -0.39 is 11.9 Å². The van der Waals surface area contributed by atoms with Gasteiger partial charge >= 0.3 is 0 Å². The minimum absolute atomic E-state index is 0.245. The molecule has 150 valence electrons. The highest BCUT2D eigenvalue weighted by atomic mass is 16.5. The fourth-order valence-corrected chi connectivity index (χ4v) is 3.87. The van der Waals surface area contributed by atoms with Crippen LogP contribution in [0.4, 0.5) is 0 Å². The Hall–Kier alpha value is -3.14.